The lowest BCUT2D eigenvalue weighted by atomic mass is 10.1. The van der Waals surface area contributed by atoms with Crippen molar-refractivity contribution in [2.24, 2.45) is 0 Å². The zero-order valence-corrected chi connectivity index (χ0v) is 12.8. The Hall–Kier alpha value is -1.20. The predicted molar refractivity (Wildman–Crippen MR) is 81.3 cm³/mol. The summed E-state index contributed by atoms with van der Waals surface area (Å²) in [7, 11) is 0. The van der Waals surface area contributed by atoms with E-state index < -0.39 is 0 Å². The van der Waals surface area contributed by atoms with Crippen LogP contribution in [-0.4, -0.2) is 35.6 Å². The van der Waals surface area contributed by atoms with Gasteiger partial charge < -0.3 is 10.2 Å². The van der Waals surface area contributed by atoms with E-state index in [1.165, 1.54) is 15.8 Å². The predicted octanol–water partition coefficient (Wildman–Crippen LogP) is 2.41. The van der Waals surface area contributed by atoms with Gasteiger partial charge in [0.2, 0.25) is 0 Å². The molecule has 19 heavy (non-hydrogen) atoms. The quantitative estimate of drug-likeness (QED) is 0.868. The Balaban J connectivity index is 2.16. The first kappa shape index (κ1) is 12.8. The minimum absolute atomic E-state index is 0.513. The minimum atomic E-state index is 0.513. The molecule has 0 unspecified atom stereocenters. The van der Waals surface area contributed by atoms with Gasteiger partial charge in [-0.1, -0.05) is 0 Å². The first-order valence-electron chi connectivity index (χ1n) is 6.79. The van der Waals surface area contributed by atoms with Crippen LogP contribution >= 0.6 is 11.3 Å². The van der Waals surface area contributed by atoms with E-state index in [-0.39, 0.29) is 0 Å². The van der Waals surface area contributed by atoms with Crippen LogP contribution in [0.3, 0.4) is 0 Å². The summed E-state index contributed by atoms with van der Waals surface area (Å²) in [5, 5.41) is 4.73. The van der Waals surface area contributed by atoms with Crippen LogP contribution in [0.1, 0.15) is 23.2 Å². The summed E-state index contributed by atoms with van der Waals surface area (Å²) in [6.45, 7) is 11.6. The second-order valence-corrected chi connectivity index (χ2v) is 6.56. The summed E-state index contributed by atoms with van der Waals surface area (Å²) < 4.78 is 0. The highest BCUT2D eigenvalue weighted by Gasteiger charge is 2.22. The van der Waals surface area contributed by atoms with Crippen molar-refractivity contribution in [3.8, 4) is 0 Å². The van der Waals surface area contributed by atoms with Crippen molar-refractivity contribution in [3.63, 3.8) is 0 Å². The van der Waals surface area contributed by atoms with Crippen LogP contribution in [0.5, 0.6) is 0 Å². The van der Waals surface area contributed by atoms with Crippen molar-refractivity contribution in [1.82, 2.24) is 15.3 Å². The first-order valence-corrected chi connectivity index (χ1v) is 7.60. The third kappa shape index (κ3) is 2.21. The van der Waals surface area contributed by atoms with E-state index >= 15 is 0 Å². The summed E-state index contributed by atoms with van der Waals surface area (Å²) >= 11 is 1.78. The van der Waals surface area contributed by atoms with Gasteiger partial charge in [0.05, 0.1) is 5.39 Å². The molecular formula is C14H20N4S. The lowest BCUT2D eigenvalue weighted by Crippen LogP contribution is -2.49. The lowest BCUT2D eigenvalue weighted by molar-refractivity contribution is 0.483. The Labute approximate surface area is 117 Å². The van der Waals surface area contributed by atoms with Crippen molar-refractivity contribution >= 4 is 27.4 Å². The van der Waals surface area contributed by atoms with E-state index in [0.717, 1.165) is 36.1 Å². The number of aryl methyl sites for hydroxylation is 3. The largest absolute Gasteiger partial charge is 0.353 e. The molecule has 3 heterocycles. The number of fused-ring (bicyclic) bond motifs is 1. The average molecular weight is 276 g/mol. The van der Waals surface area contributed by atoms with Crippen LogP contribution in [0.4, 0.5) is 5.82 Å². The summed E-state index contributed by atoms with van der Waals surface area (Å²) in [6, 6.07) is 0.513. The zero-order valence-electron chi connectivity index (χ0n) is 11.9. The molecule has 1 saturated heterocycles. The van der Waals surface area contributed by atoms with Crippen molar-refractivity contribution in [3.05, 3.63) is 16.3 Å². The van der Waals surface area contributed by atoms with Crippen molar-refractivity contribution in [2.75, 3.05) is 24.5 Å². The Kier molecular flexibility index (Phi) is 3.19. The minimum Gasteiger partial charge on any atom is -0.353 e. The van der Waals surface area contributed by atoms with Gasteiger partial charge in [-0.15, -0.1) is 11.3 Å². The molecule has 0 saturated carbocycles. The fraction of sp³-hybridized carbons (Fsp3) is 0.571. The van der Waals surface area contributed by atoms with Crippen LogP contribution in [0, 0.1) is 20.8 Å². The molecule has 1 fully saturated rings. The number of hydrogen-bond donors (Lipinski definition) is 1. The van der Waals surface area contributed by atoms with Gasteiger partial charge in [-0.05, 0) is 33.3 Å². The third-order valence-corrected chi connectivity index (χ3v) is 4.89. The van der Waals surface area contributed by atoms with E-state index in [1.807, 2.05) is 6.92 Å². The third-order valence-electron chi connectivity index (χ3n) is 3.79. The number of anilines is 1. The molecule has 0 amide bonds. The molecule has 3 rings (SSSR count). The monoisotopic (exact) mass is 276 g/mol. The molecule has 102 valence electrons. The SMILES string of the molecule is Cc1nc(N2CCN[C@@H](C)C2)c2c(C)c(C)sc2n1. The molecule has 5 heteroatoms. The Morgan fingerprint density at radius 3 is 2.79 bits per heavy atom. The van der Waals surface area contributed by atoms with Crippen molar-refractivity contribution in [2.45, 2.75) is 33.7 Å². The molecule has 1 atom stereocenters. The zero-order chi connectivity index (χ0) is 13.6. The number of nitrogens with one attached hydrogen (secondary N) is 1. The second-order valence-electron chi connectivity index (χ2n) is 5.36. The molecule has 1 N–H and O–H groups in total. The van der Waals surface area contributed by atoms with E-state index in [0.29, 0.717) is 6.04 Å². The Bertz CT molecular complexity index is 619. The van der Waals surface area contributed by atoms with E-state index in [2.05, 4.69) is 36.0 Å². The van der Waals surface area contributed by atoms with Crippen LogP contribution in [0.25, 0.3) is 10.2 Å². The molecule has 4 nitrogen and oxygen atoms in total. The highest BCUT2D eigenvalue weighted by molar-refractivity contribution is 7.18. The maximum atomic E-state index is 4.73. The highest BCUT2D eigenvalue weighted by Crippen LogP contribution is 2.35. The van der Waals surface area contributed by atoms with Gasteiger partial charge in [-0.2, -0.15) is 0 Å². The maximum Gasteiger partial charge on any atom is 0.141 e. The molecule has 1 aliphatic heterocycles. The van der Waals surface area contributed by atoms with Crippen LogP contribution in [-0.2, 0) is 0 Å². The second kappa shape index (κ2) is 4.72. The van der Waals surface area contributed by atoms with Crippen LogP contribution < -0.4 is 10.2 Å². The first-order chi connectivity index (χ1) is 9.06. The molecular weight excluding hydrogens is 256 g/mol. The normalized spacial score (nSPS) is 20.2. The summed E-state index contributed by atoms with van der Waals surface area (Å²) in [5.74, 6) is 1.99. The van der Waals surface area contributed by atoms with Gasteiger partial charge in [0.15, 0.2) is 0 Å². The fourth-order valence-corrected chi connectivity index (χ4v) is 3.76. The lowest BCUT2D eigenvalue weighted by Gasteiger charge is -2.33. The van der Waals surface area contributed by atoms with Gasteiger partial charge >= 0.3 is 0 Å². The fourth-order valence-electron chi connectivity index (χ4n) is 2.69. The number of rotatable bonds is 1. The number of piperazine rings is 1. The van der Waals surface area contributed by atoms with E-state index in [4.69, 9.17) is 4.98 Å². The molecule has 0 spiro atoms. The number of aromatic nitrogens is 2. The summed E-state index contributed by atoms with van der Waals surface area (Å²) in [6.07, 6.45) is 0. The van der Waals surface area contributed by atoms with Gasteiger partial charge in [-0.25, -0.2) is 9.97 Å². The molecule has 1 aliphatic rings. The smallest absolute Gasteiger partial charge is 0.141 e. The van der Waals surface area contributed by atoms with Gasteiger partial charge in [0.1, 0.15) is 16.5 Å². The van der Waals surface area contributed by atoms with Gasteiger partial charge in [0.25, 0.3) is 0 Å². The maximum absolute atomic E-state index is 4.73. The Morgan fingerprint density at radius 1 is 1.26 bits per heavy atom. The standard InChI is InChI=1S/C14H20N4S/c1-8-7-18(6-5-15-8)13-12-9(2)10(3)19-14(12)17-11(4)16-13/h8,15H,5-7H2,1-4H3/t8-/m0/s1. The number of nitrogens with zero attached hydrogens (tertiary/aromatic N) is 3. The molecule has 0 bridgehead atoms. The molecule has 0 aromatic carbocycles. The summed E-state index contributed by atoms with van der Waals surface area (Å²) in [5.41, 5.74) is 1.33. The van der Waals surface area contributed by atoms with Crippen molar-refractivity contribution in [1.29, 1.82) is 0 Å². The van der Waals surface area contributed by atoms with E-state index in [9.17, 15) is 0 Å². The number of hydrogen-bond acceptors (Lipinski definition) is 5. The van der Waals surface area contributed by atoms with Crippen molar-refractivity contribution < 1.29 is 0 Å². The highest BCUT2D eigenvalue weighted by atomic mass is 32.1. The Morgan fingerprint density at radius 2 is 2.05 bits per heavy atom. The topological polar surface area (TPSA) is 41.1 Å². The molecule has 0 radical (unpaired) electrons. The van der Waals surface area contributed by atoms with E-state index in [1.54, 1.807) is 11.3 Å². The number of thiophene rings is 1. The molecule has 0 aliphatic carbocycles. The van der Waals surface area contributed by atoms with Gasteiger partial charge in [0, 0.05) is 30.6 Å². The average Bonchev–Trinajstić information content (AvgIpc) is 2.64. The molecule has 2 aromatic heterocycles. The molecule has 2 aromatic rings. The summed E-state index contributed by atoms with van der Waals surface area (Å²) in [4.78, 5) is 14.2. The van der Waals surface area contributed by atoms with Crippen LogP contribution in [0.15, 0.2) is 0 Å². The van der Waals surface area contributed by atoms with Crippen LogP contribution in [0.2, 0.25) is 0 Å². The van der Waals surface area contributed by atoms with Gasteiger partial charge in [-0.3, -0.25) is 0 Å².